The monoisotopic (exact) mass is 393 g/mol. The van der Waals surface area contributed by atoms with Crippen molar-refractivity contribution in [3.63, 3.8) is 0 Å². The van der Waals surface area contributed by atoms with E-state index in [-0.39, 0.29) is 11.5 Å². The molecule has 0 aliphatic rings. The summed E-state index contributed by atoms with van der Waals surface area (Å²) in [5, 5.41) is 16.3. The molecule has 2 N–H and O–H groups in total. The van der Waals surface area contributed by atoms with Crippen molar-refractivity contribution < 1.29 is 22.5 Å². The Morgan fingerprint density at radius 1 is 0.893 bits per heavy atom. The Labute approximate surface area is 155 Å². The number of nitrogens with zero attached hydrogens (tertiary/aromatic N) is 3. The highest BCUT2D eigenvalue weighted by Gasteiger charge is 2.34. The zero-order valence-corrected chi connectivity index (χ0v) is 13.9. The zero-order chi connectivity index (χ0) is 20.3. The van der Waals surface area contributed by atoms with Crippen LogP contribution in [-0.2, 0) is 6.18 Å². The van der Waals surface area contributed by atoms with Gasteiger partial charge in [0.2, 0.25) is 11.6 Å². The van der Waals surface area contributed by atoms with Crippen LogP contribution >= 0.6 is 0 Å². The van der Waals surface area contributed by atoms with Gasteiger partial charge in [0.1, 0.15) is 12.1 Å². The first-order valence-corrected chi connectivity index (χ1v) is 7.71. The van der Waals surface area contributed by atoms with Crippen LogP contribution in [0.15, 0.2) is 54.9 Å². The van der Waals surface area contributed by atoms with Crippen molar-refractivity contribution in [1.29, 1.82) is 0 Å². The molecule has 1 heterocycles. The van der Waals surface area contributed by atoms with Gasteiger partial charge in [-0.25, -0.2) is 14.4 Å². The van der Waals surface area contributed by atoms with Crippen LogP contribution in [0.25, 0.3) is 0 Å². The smallest absolute Gasteiger partial charge is 0.334 e. The third kappa shape index (κ3) is 3.98. The fraction of sp³-hybridized carbons (Fsp3) is 0.0588. The maximum absolute atomic E-state index is 13.8. The molecule has 0 bridgehead atoms. The van der Waals surface area contributed by atoms with Crippen LogP contribution in [0.4, 0.5) is 46.3 Å². The van der Waals surface area contributed by atoms with Crippen molar-refractivity contribution in [1.82, 2.24) is 9.97 Å². The molecule has 0 fully saturated rings. The summed E-state index contributed by atoms with van der Waals surface area (Å²) in [7, 11) is 0. The summed E-state index contributed by atoms with van der Waals surface area (Å²) in [4.78, 5) is 18.0. The number of halogens is 4. The van der Waals surface area contributed by atoms with Gasteiger partial charge in [0.05, 0.1) is 21.9 Å². The van der Waals surface area contributed by atoms with E-state index in [1.807, 2.05) is 0 Å². The van der Waals surface area contributed by atoms with Gasteiger partial charge in [-0.3, -0.25) is 10.1 Å². The molecular weight excluding hydrogens is 382 g/mol. The molecule has 3 rings (SSSR count). The topological polar surface area (TPSA) is 93.0 Å². The molecular formula is C17H11F4N5O2. The van der Waals surface area contributed by atoms with Crippen molar-refractivity contribution in [2.45, 2.75) is 6.18 Å². The quantitative estimate of drug-likeness (QED) is 0.359. The lowest BCUT2D eigenvalue weighted by molar-refractivity contribution is -0.383. The highest BCUT2D eigenvalue weighted by Crippen LogP contribution is 2.38. The number of rotatable bonds is 5. The zero-order valence-electron chi connectivity index (χ0n) is 13.9. The number of aromatic nitrogens is 2. The molecule has 7 nitrogen and oxygen atoms in total. The minimum atomic E-state index is -4.68. The summed E-state index contributed by atoms with van der Waals surface area (Å²) in [6.07, 6.45) is -3.77. The van der Waals surface area contributed by atoms with E-state index < -0.39 is 39.7 Å². The molecule has 0 saturated heterocycles. The summed E-state index contributed by atoms with van der Waals surface area (Å²) in [6, 6.07) is 9.84. The van der Waals surface area contributed by atoms with Gasteiger partial charge in [-0.15, -0.1) is 0 Å². The van der Waals surface area contributed by atoms with Gasteiger partial charge in [0.25, 0.3) is 0 Å². The number of para-hydroxylation sites is 2. The molecule has 0 aliphatic heterocycles. The van der Waals surface area contributed by atoms with Crippen LogP contribution in [0.3, 0.4) is 0 Å². The molecule has 0 saturated carbocycles. The molecule has 0 amide bonds. The predicted molar refractivity (Wildman–Crippen MR) is 93.1 cm³/mol. The molecule has 0 spiro atoms. The molecule has 0 atom stereocenters. The maximum Gasteiger partial charge on any atom is 0.418 e. The highest BCUT2D eigenvalue weighted by atomic mass is 19.4. The lowest BCUT2D eigenvalue weighted by Crippen LogP contribution is -2.11. The number of benzene rings is 2. The second kappa shape index (κ2) is 7.47. The molecule has 11 heteroatoms. The van der Waals surface area contributed by atoms with E-state index in [2.05, 4.69) is 20.6 Å². The number of hydrogen-bond donors (Lipinski definition) is 2. The Hall–Kier alpha value is -3.76. The Bertz CT molecular complexity index is 1030. The standard InChI is InChI=1S/C17H11F4N5O2/c18-11-6-2-4-8-13(11)25-16-14(26(27)28)15(22-9-23-16)24-12-7-3-1-5-10(12)17(19,20)21/h1-9H,(H2,22,23,24,25). The first-order valence-electron chi connectivity index (χ1n) is 7.71. The van der Waals surface area contributed by atoms with Crippen molar-refractivity contribution >= 4 is 28.7 Å². The van der Waals surface area contributed by atoms with Crippen molar-refractivity contribution in [2.24, 2.45) is 0 Å². The van der Waals surface area contributed by atoms with Crippen molar-refractivity contribution in [2.75, 3.05) is 10.6 Å². The predicted octanol–water partition coefficient (Wildman–Crippen LogP) is 5.03. The summed E-state index contributed by atoms with van der Waals surface area (Å²) in [5.41, 5.74) is -2.27. The van der Waals surface area contributed by atoms with Crippen molar-refractivity contribution in [3.05, 3.63) is 76.4 Å². The minimum Gasteiger partial charge on any atom is -0.334 e. The Kier molecular flexibility index (Phi) is 5.07. The first kappa shape index (κ1) is 19.0. The van der Waals surface area contributed by atoms with E-state index in [0.717, 1.165) is 24.5 Å². The molecule has 2 aromatic carbocycles. The lowest BCUT2D eigenvalue weighted by atomic mass is 10.1. The molecule has 144 valence electrons. The van der Waals surface area contributed by atoms with Gasteiger partial charge in [-0.05, 0) is 24.3 Å². The largest absolute Gasteiger partial charge is 0.418 e. The summed E-state index contributed by atoms with van der Waals surface area (Å²) in [6.45, 7) is 0. The van der Waals surface area contributed by atoms with Crippen LogP contribution in [0.5, 0.6) is 0 Å². The van der Waals surface area contributed by atoms with E-state index in [4.69, 9.17) is 0 Å². The van der Waals surface area contributed by atoms with E-state index in [1.54, 1.807) is 0 Å². The number of nitro groups is 1. The van der Waals surface area contributed by atoms with Crippen LogP contribution in [-0.4, -0.2) is 14.9 Å². The number of hydrogen-bond acceptors (Lipinski definition) is 6. The van der Waals surface area contributed by atoms with Gasteiger partial charge < -0.3 is 10.6 Å². The lowest BCUT2D eigenvalue weighted by Gasteiger charge is -2.14. The highest BCUT2D eigenvalue weighted by molar-refractivity contribution is 5.77. The number of alkyl halides is 3. The fourth-order valence-corrected chi connectivity index (χ4v) is 2.39. The van der Waals surface area contributed by atoms with Crippen LogP contribution < -0.4 is 10.6 Å². The third-order valence-corrected chi connectivity index (χ3v) is 3.62. The Morgan fingerprint density at radius 2 is 1.43 bits per heavy atom. The Balaban J connectivity index is 2.04. The molecule has 3 aromatic rings. The second-order valence-corrected chi connectivity index (χ2v) is 5.45. The van der Waals surface area contributed by atoms with Gasteiger partial charge in [0.15, 0.2) is 0 Å². The summed E-state index contributed by atoms with van der Waals surface area (Å²) in [5.74, 6) is -1.54. The Morgan fingerprint density at radius 3 is 2.00 bits per heavy atom. The second-order valence-electron chi connectivity index (χ2n) is 5.45. The van der Waals surface area contributed by atoms with E-state index in [0.29, 0.717) is 0 Å². The van der Waals surface area contributed by atoms with E-state index >= 15 is 0 Å². The average molecular weight is 393 g/mol. The summed E-state index contributed by atoms with van der Waals surface area (Å²) >= 11 is 0. The normalized spacial score (nSPS) is 11.1. The third-order valence-electron chi connectivity index (χ3n) is 3.62. The minimum absolute atomic E-state index is 0.0917. The SMILES string of the molecule is O=[N+]([O-])c1c(Nc2ccccc2F)ncnc1Nc1ccccc1C(F)(F)F. The molecule has 0 radical (unpaired) electrons. The maximum atomic E-state index is 13.8. The van der Waals surface area contributed by atoms with Crippen LogP contribution in [0.2, 0.25) is 0 Å². The van der Waals surface area contributed by atoms with Crippen LogP contribution in [0.1, 0.15) is 5.56 Å². The van der Waals surface area contributed by atoms with Gasteiger partial charge in [-0.1, -0.05) is 24.3 Å². The molecule has 1 aromatic heterocycles. The molecule has 0 aliphatic carbocycles. The molecule has 0 unspecified atom stereocenters. The fourth-order valence-electron chi connectivity index (χ4n) is 2.39. The number of nitrogens with one attached hydrogen (secondary N) is 2. The average Bonchev–Trinajstić information content (AvgIpc) is 2.63. The summed E-state index contributed by atoms with van der Waals surface area (Å²) < 4.78 is 53.3. The molecule has 28 heavy (non-hydrogen) atoms. The van der Waals surface area contributed by atoms with Gasteiger partial charge in [0, 0.05) is 0 Å². The van der Waals surface area contributed by atoms with Crippen molar-refractivity contribution in [3.8, 4) is 0 Å². The van der Waals surface area contributed by atoms with E-state index in [1.165, 1.54) is 30.3 Å². The first-order chi connectivity index (χ1) is 13.3. The number of anilines is 4. The van der Waals surface area contributed by atoms with Gasteiger partial charge >= 0.3 is 11.9 Å². The van der Waals surface area contributed by atoms with E-state index in [9.17, 15) is 27.7 Å². The van der Waals surface area contributed by atoms with Gasteiger partial charge in [-0.2, -0.15) is 13.2 Å². The van der Waals surface area contributed by atoms with Crippen LogP contribution in [0, 0.1) is 15.9 Å².